The molecule has 2 aromatic carbocycles. The third-order valence-electron chi connectivity index (χ3n) is 4.52. The number of morpholine rings is 1. The number of benzene rings is 2. The van der Waals surface area contributed by atoms with E-state index in [2.05, 4.69) is 0 Å². The molecule has 8 nitrogen and oxygen atoms in total. The van der Waals surface area contributed by atoms with Crippen molar-refractivity contribution in [2.75, 3.05) is 40.5 Å². The second kappa shape index (κ2) is 9.25. The van der Waals surface area contributed by atoms with Crippen LogP contribution in [0, 0.1) is 0 Å². The van der Waals surface area contributed by atoms with Gasteiger partial charge in [-0.3, -0.25) is 0 Å². The summed E-state index contributed by atoms with van der Waals surface area (Å²) >= 11 is 0. The average Bonchev–Trinajstić information content (AvgIpc) is 2.77. The van der Waals surface area contributed by atoms with Crippen LogP contribution in [0.2, 0.25) is 0 Å². The molecule has 1 fully saturated rings. The molecule has 0 amide bonds. The third-order valence-corrected chi connectivity index (χ3v) is 6.42. The molecule has 0 atom stereocenters. The smallest absolute Gasteiger partial charge is 0.338 e. The first-order valence-corrected chi connectivity index (χ1v) is 10.5. The van der Waals surface area contributed by atoms with Crippen LogP contribution in [0.4, 0.5) is 0 Å². The maximum absolute atomic E-state index is 12.8. The number of rotatable bonds is 7. The number of methoxy groups -OCH3 is 2. The lowest BCUT2D eigenvalue weighted by Crippen LogP contribution is -2.40. The molecule has 0 bridgehead atoms. The SMILES string of the molecule is COc1ccc(OC)c(COC(=O)c2cccc(S(=O)(=O)N3CCOCC3)c2)c1. The van der Waals surface area contributed by atoms with Crippen LogP contribution in [0.25, 0.3) is 0 Å². The van der Waals surface area contributed by atoms with E-state index in [-0.39, 0.29) is 30.2 Å². The summed E-state index contributed by atoms with van der Waals surface area (Å²) in [6.45, 7) is 1.23. The van der Waals surface area contributed by atoms with Gasteiger partial charge >= 0.3 is 5.97 Å². The van der Waals surface area contributed by atoms with Gasteiger partial charge in [0, 0.05) is 18.7 Å². The predicted octanol–water partition coefficient (Wildman–Crippen LogP) is 2.08. The van der Waals surface area contributed by atoms with Crippen LogP contribution in [0.15, 0.2) is 47.4 Å². The molecule has 0 aromatic heterocycles. The van der Waals surface area contributed by atoms with Gasteiger partial charge in [0.2, 0.25) is 10.0 Å². The first-order chi connectivity index (χ1) is 14.0. The minimum absolute atomic E-state index is 0.0420. The molecule has 0 spiro atoms. The van der Waals surface area contributed by atoms with Crippen LogP contribution < -0.4 is 9.47 Å². The van der Waals surface area contributed by atoms with Crippen molar-refractivity contribution in [3.05, 3.63) is 53.6 Å². The van der Waals surface area contributed by atoms with Crippen molar-refractivity contribution in [1.82, 2.24) is 4.31 Å². The molecule has 1 aliphatic heterocycles. The van der Waals surface area contributed by atoms with Gasteiger partial charge in [0.1, 0.15) is 18.1 Å². The van der Waals surface area contributed by atoms with Gasteiger partial charge in [-0.25, -0.2) is 13.2 Å². The Hall–Kier alpha value is -2.62. The Morgan fingerprint density at radius 2 is 1.83 bits per heavy atom. The first-order valence-electron chi connectivity index (χ1n) is 9.01. The average molecular weight is 421 g/mol. The van der Waals surface area contributed by atoms with E-state index in [0.29, 0.717) is 30.3 Å². The Morgan fingerprint density at radius 3 is 2.52 bits per heavy atom. The fourth-order valence-electron chi connectivity index (χ4n) is 2.94. The largest absolute Gasteiger partial charge is 0.497 e. The minimum Gasteiger partial charge on any atom is -0.497 e. The Balaban J connectivity index is 1.75. The van der Waals surface area contributed by atoms with Gasteiger partial charge in [-0.2, -0.15) is 4.31 Å². The molecule has 0 unspecified atom stereocenters. The van der Waals surface area contributed by atoms with E-state index in [4.69, 9.17) is 18.9 Å². The molecular formula is C20H23NO7S. The monoisotopic (exact) mass is 421 g/mol. The number of sulfonamides is 1. The van der Waals surface area contributed by atoms with Crippen molar-refractivity contribution in [3.63, 3.8) is 0 Å². The van der Waals surface area contributed by atoms with Crippen molar-refractivity contribution >= 4 is 16.0 Å². The number of esters is 1. The molecular weight excluding hydrogens is 398 g/mol. The second-order valence-electron chi connectivity index (χ2n) is 6.30. The fraction of sp³-hybridized carbons (Fsp3) is 0.350. The molecule has 1 aliphatic rings. The lowest BCUT2D eigenvalue weighted by molar-refractivity contribution is 0.0469. The zero-order valence-electron chi connectivity index (χ0n) is 16.3. The zero-order valence-corrected chi connectivity index (χ0v) is 17.1. The van der Waals surface area contributed by atoms with Gasteiger partial charge in [-0.05, 0) is 36.4 Å². The maximum Gasteiger partial charge on any atom is 0.338 e. The summed E-state index contributed by atoms with van der Waals surface area (Å²) in [5.41, 5.74) is 0.790. The van der Waals surface area contributed by atoms with E-state index in [1.54, 1.807) is 18.2 Å². The highest BCUT2D eigenvalue weighted by molar-refractivity contribution is 7.89. The van der Waals surface area contributed by atoms with Crippen LogP contribution in [0.1, 0.15) is 15.9 Å². The Bertz CT molecular complexity index is 969. The van der Waals surface area contributed by atoms with Crippen molar-refractivity contribution in [1.29, 1.82) is 0 Å². The third kappa shape index (κ3) is 4.87. The number of nitrogens with zero attached hydrogens (tertiary/aromatic N) is 1. The molecule has 156 valence electrons. The van der Waals surface area contributed by atoms with Gasteiger partial charge < -0.3 is 18.9 Å². The van der Waals surface area contributed by atoms with Crippen LogP contribution in [0.5, 0.6) is 11.5 Å². The molecule has 0 aliphatic carbocycles. The summed E-state index contributed by atoms with van der Waals surface area (Å²) in [6, 6.07) is 11.0. The van der Waals surface area contributed by atoms with E-state index in [1.165, 1.54) is 42.8 Å². The molecule has 1 heterocycles. The summed E-state index contributed by atoms with van der Waals surface area (Å²) < 4.78 is 47.9. The molecule has 0 radical (unpaired) electrons. The highest BCUT2D eigenvalue weighted by atomic mass is 32.2. The molecule has 29 heavy (non-hydrogen) atoms. The van der Waals surface area contributed by atoms with E-state index >= 15 is 0 Å². The minimum atomic E-state index is -3.70. The quantitative estimate of drug-likeness (QED) is 0.632. The van der Waals surface area contributed by atoms with E-state index in [9.17, 15) is 13.2 Å². The summed E-state index contributed by atoms with van der Waals surface area (Å²) in [5.74, 6) is 0.534. The lowest BCUT2D eigenvalue weighted by Gasteiger charge is -2.26. The maximum atomic E-state index is 12.8. The van der Waals surface area contributed by atoms with Crippen molar-refractivity contribution in [2.45, 2.75) is 11.5 Å². The molecule has 1 saturated heterocycles. The van der Waals surface area contributed by atoms with Crippen molar-refractivity contribution in [3.8, 4) is 11.5 Å². The van der Waals surface area contributed by atoms with Crippen molar-refractivity contribution < 1.29 is 32.2 Å². The van der Waals surface area contributed by atoms with Gasteiger partial charge in [0.05, 0.1) is 37.9 Å². The number of carbonyl (C=O) groups excluding carboxylic acids is 1. The second-order valence-corrected chi connectivity index (χ2v) is 8.24. The topological polar surface area (TPSA) is 91.4 Å². The summed E-state index contributed by atoms with van der Waals surface area (Å²) in [6.07, 6.45) is 0. The van der Waals surface area contributed by atoms with E-state index in [0.717, 1.165) is 0 Å². The number of hydrogen-bond acceptors (Lipinski definition) is 7. The van der Waals surface area contributed by atoms with Gasteiger partial charge in [-0.1, -0.05) is 6.07 Å². The molecule has 9 heteroatoms. The fourth-order valence-corrected chi connectivity index (χ4v) is 4.40. The summed E-state index contributed by atoms with van der Waals surface area (Å²) in [4.78, 5) is 12.6. The Morgan fingerprint density at radius 1 is 1.07 bits per heavy atom. The van der Waals surface area contributed by atoms with Gasteiger partial charge in [0.15, 0.2) is 0 Å². The number of hydrogen-bond donors (Lipinski definition) is 0. The highest BCUT2D eigenvalue weighted by Crippen LogP contribution is 2.25. The predicted molar refractivity (Wildman–Crippen MR) is 105 cm³/mol. The van der Waals surface area contributed by atoms with E-state index in [1.807, 2.05) is 0 Å². The van der Waals surface area contributed by atoms with Crippen molar-refractivity contribution in [2.24, 2.45) is 0 Å². The van der Waals surface area contributed by atoms with Crippen LogP contribution in [0.3, 0.4) is 0 Å². The standard InChI is InChI=1S/C20H23NO7S/c1-25-17-6-7-19(26-2)16(12-17)14-28-20(22)15-4-3-5-18(13-15)29(23,24)21-8-10-27-11-9-21/h3-7,12-13H,8-11,14H2,1-2H3. The van der Waals surface area contributed by atoms with Crippen LogP contribution in [-0.2, 0) is 26.1 Å². The number of carbonyl (C=O) groups is 1. The van der Waals surface area contributed by atoms with Gasteiger partial charge in [-0.15, -0.1) is 0 Å². The first kappa shape index (κ1) is 21.1. The Labute approximate surface area is 170 Å². The normalized spacial score (nSPS) is 15.0. The zero-order chi connectivity index (χ0) is 20.9. The van der Waals surface area contributed by atoms with Gasteiger partial charge in [0.25, 0.3) is 0 Å². The van der Waals surface area contributed by atoms with Crippen LogP contribution >= 0.6 is 0 Å². The number of ether oxygens (including phenoxy) is 4. The summed E-state index contributed by atoms with van der Waals surface area (Å²) in [7, 11) is -0.635. The Kier molecular flexibility index (Phi) is 6.73. The van der Waals surface area contributed by atoms with E-state index < -0.39 is 16.0 Å². The molecule has 2 aromatic rings. The highest BCUT2D eigenvalue weighted by Gasteiger charge is 2.27. The molecule has 3 rings (SSSR count). The molecule has 0 saturated carbocycles. The van der Waals surface area contributed by atoms with Crippen LogP contribution in [-0.4, -0.2) is 59.2 Å². The molecule has 0 N–H and O–H groups in total. The summed E-state index contributed by atoms with van der Waals surface area (Å²) in [5, 5.41) is 0. The lowest BCUT2D eigenvalue weighted by atomic mass is 10.2.